The van der Waals surface area contributed by atoms with Crippen LogP contribution in [-0.2, 0) is 4.74 Å². The molecule has 1 aliphatic heterocycles. The zero-order valence-electron chi connectivity index (χ0n) is 7.47. The Morgan fingerprint density at radius 1 is 1.43 bits per heavy atom. The Bertz CT molecular complexity index is 350. The van der Waals surface area contributed by atoms with Gasteiger partial charge in [0.15, 0.2) is 0 Å². The van der Waals surface area contributed by atoms with Crippen LogP contribution < -0.4 is 5.32 Å². The molecule has 0 amide bonds. The first-order valence-corrected chi connectivity index (χ1v) is 4.35. The number of nitro benzene ring substituents is 1. The van der Waals surface area contributed by atoms with Crippen LogP contribution in [-0.4, -0.2) is 24.2 Å². The van der Waals surface area contributed by atoms with Gasteiger partial charge in [-0.15, -0.1) is 0 Å². The number of anilines is 1. The molecule has 0 aromatic heterocycles. The molecule has 0 aliphatic carbocycles. The minimum absolute atomic E-state index is 0.111. The van der Waals surface area contributed by atoms with Crippen molar-refractivity contribution in [3.63, 3.8) is 0 Å². The van der Waals surface area contributed by atoms with E-state index in [1.54, 1.807) is 18.2 Å². The van der Waals surface area contributed by atoms with Crippen molar-refractivity contribution in [2.75, 3.05) is 18.5 Å². The summed E-state index contributed by atoms with van der Waals surface area (Å²) in [5.74, 6) is 0. The molecule has 1 aromatic rings. The molecule has 0 saturated carbocycles. The van der Waals surface area contributed by atoms with Crippen LogP contribution in [0.3, 0.4) is 0 Å². The van der Waals surface area contributed by atoms with Gasteiger partial charge in [-0.1, -0.05) is 12.1 Å². The summed E-state index contributed by atoms with van der Waals surface area (Å²) >= 11 is 0. The molecule has 5 nitrogen and oxygen atoms in total. The Hall–Kier alpha value is -1.62. The maximum atomic E-state index is 10.6. The van der Waals surface area contributed by atoms with E-state index in [9.17, 15) is 10.1 Å². The standard InChI is InChI=1S/C9H10N2O3/c12-11(13)9-4-2-1-3-8(9)10-7-5-14-6-7/h1-4,7,10H,5-6H2. The van der Waals surface area contributed by atoms with Gasteiger partial charge in [0.1, 0.15) is 5.69 Å². The molecule has 74 valence electrons. The van der Waals surface area contributed by atoms with Crippen molar-refractivity contribution in [3.05, 3.63) is 34.4 Å². The Kier molecular flexibility index (Phi) is 2.32. The molecule has 1 fully saturated rings. The average Bonchev–Trinajstić information content (AvgIpc) is 2.12. The second kappa shape index (κ2) is 3.63. The van der Waals surface area contributed by atoms with E-state index in [-0.39, 0.29) is 16.7 Å². The molecule has 1 aliphatic rings. The van der Waals surface area contributed by atoms with Gasteiger partial charge in [-0.2, -0.15) is 0 Å². The maximum Gasteiger partial charge on any atom is 0.292 e. The Balaban J connectivity index is 2.17. The summed E-state index contributed by atoms with van der Waals surface area (Å²) in [6.07, 6.45) is 0. The van der Waals surface area contributed by atoms with E-state index in [1.807, 2.05) is 0 Å². The van der Waals surface area contributed by atoms with Crippen LogP contribution in [0.5, 0.6) is 0 Å². The quantitative estimate of drug-likeness (QED) is 0.583. The normalized spacial score (nSPS) is 16.0. The number of nitrogens with zero attached hydrogens (tertiary/aromatic N) is 1. The first kappa shape index (κ1) is 8.96. The minimum atomic E-state index is -0.387. The van der Waals surface area contributed by atoms with Crippen molar-refractivity contribution < 1.29 is 9.66 Å². The monoisotopic (exact) mass is 194 g/mol. The van der Waals surface area contributed by atoms with Gasteiger partial charge >= 0.3 is 0 Å². The summed E-state index contributed by atoms with van der Waals surface area (Å²) in [6.45, 7) is 1.23. The zero-order valence-corrected chi connectivity index (χ0v) is 7.47. The molecule has 1 N–H and O–H groups in total. The third-order valence-electron chi connectivity index (χ3n) is 2.10. The van der Waals surface area contributed by atoms with E-state index in [1.165, 1.54) is 6.07 Å². The molecular weight excluding hydrogens is 184 g/mol. The van der Waals surface area contributed by atoms with Crippen molar-refractivity contribution in [2.45, 2.75) is 6.04 Å². The summed E-state index contributed by atoms with van der Waals surface area (Å²) in [6, 6.07) is 6.82. The highest BCUT2D eigenvalue weighted by molar-refractivity contribution is 5.61. The number of nitrogens with one attached hydrogen (secondary N) is 1. The molecule has 0 radical (unpaired) electrons. The molecule has 1 heterocycles. The second-order valence-electron chi connectivity index (χ2n) is 3.15. The molecule has 14 heavy (non-hydrogen) atoms. The number of benzene rings is 1. The van der Waals surface area contributed by atoms with E-state index >= 15 is 0 Å². The highest BCUT2D eigenvalue weighted by Crippen LogP contribution is 2.24. The van der Waals surface area contributed by atoms with Crippen LogP contribution in [0.25, 0.3) is 0 Å². The van der Waals surface area contributed by atoms with E-state index in [0.29, 0.717) is 18.9 Å². The fourth-order valence-corrected chi connectivity index (χ4v) is 1.29. The lowest BCUT2D eigenvalue weighted by molar-refractivity contribution is -0.384. The summed E-state index contributed by atoms with van der Waals surface area (Å²) < 4.78 is 4.98. The van der Waals surface area contributed by atoms with Gasteiger partial charge in [-0.25, -0.2) is 0 Å². The van der Waals surface area contributed by atoms with Gasteiger partial charge in [0.05, 0.1) is 24.2 Å². The van der Waals surface area contributed by atoms with Crippen molar-refractivity contribution in [1.82, 2.24) is 0 Å². The minimum Gasteiger partial charge on any atom is -0.377 e. The van der Waals surface area contributed by atoms with E-state index in [4.69, 9.17) is 4.74 Å². The fourth-order valence-electron chi connectivity index (χ4n) is 1.29. The van der Waals surface area contributed by atoms with Gasteiger partial charge in [0, 0.05) is 6.07 Å². The predicted molar refractivity (Wildman–Crippen MR) is 51.3 cm³/mol. The van der Waals surface area contributed by atoms with Crippen LogP contribution in [0, 0.1) is 10.1 Å². The molecule has 0 bridgehead atoms. The predicted octanol–water partition coefficient (Wildman–Crippen LogP) is 1.41. The Morgan fingerprint density at radius 3 is 2.71 bits per heavy atom. The van der Waals surface area contributed by atoms with Crippen LogP contribution in [0.1, 0.15) is 0 Å². The summed E-state index contributed by atoms with van der Waals surface area (Å²) in [5, 5.41) is 13.7. The lowest BCUT2D eigenvalue weighted by atomic mass is 10.2. The van der Waals surface area contributed by atoms with Gasteiger partial charge in [0.2, 0.25) is 0 Å². The highest BCUT2D eigenvalue weighted by Gasteiger charge is 2.21. The highest BCUT2D eigenvalue weighted by atomic mass is 16.6. The number of hydrogen-bond acceptors (Lipinski definition) is 4. The van der Waals surface area contributed by atoms with Gasteiger partial charge in [-0.3, -0.25) is 10.1 Å². The van der Waals surface area contributed by atoms with Gasteiger partial charge in [0.25, 0.3) is 5.69 Å². The van der Waals surface area contributed by atoms with Crippen molar-refractivity contribution in [1.29, 1.82) is 0 Å². The van der Waals surface area contributed by atoms with Crippen molar-refractivity contribution >= 4 is 11.4 Å². The van der Waals surface area contributed by atoms with Crippen LogP contribution in [0.15, 0.2) is 24.3 Å². The number of rotatable bonds is 3. The SMILES string of the molecule is O=[N+]([O-])c1ccccc1NC1COC1. The fraction of sp³-hybridized carbons (Fsp3) is 0.333. The smallest absolute Gasteiger partial charge is 0.292 e. The topological polar surface area (TPSA) is 64.4 Å². The molecule has 2 rings (SSSR count). The number of hydrogen-bond donors (Lipinski definition) is 1. The van der Waals surface area contributed by atoms with Crippen LogP contribution >= 0.6 is 0 Å². The summed E-state index contributed by atoms with van der Waals surface area (Å²) in [5.41, 5.74) is 0.671. The van der Waals surface area contributed by atoms with E-state index in [2.05, 4.69) is 5.32 Å². The molecule has 1 aromatic carbocycles. The largest absolute Gasteiger partial charge is 0.377 e. The molecule has 0 unspecified atom stereocenters. The molecule has 0 spiro atoms. The number of para-hydroxylation sites is 2. The van der Waals surface area contributed by atoms with Crippen LogP contribution in [0.2, 0.25) is 0 Å². The van der Waals surface area contributed by atoms with E-state index in [0.717, 1.165) is 0 Å². The Morgan fingerprint density at radius 2 is 2.14 bits per heavy atom. The first-order chi connectivity index (χ1) is 6.77. The summed E-state index contributed by atoms with van der Waals surface area (Å²) in [4.78, 5) is 10.3. The maximum absolute atomic E-state index is 10.6. The molecular formula is C9H10N2O3. The lowest BCUT2D eigenvalue weighted by Gasteiger charge is -2.27. The third kappa shape index (κ3) is 1.67. The first-order valence-electron chi connectivity index (χ1n) is 4.35. The average molecular weight is 194 g/mol. The van der Waals surface area contributed by atoms with Gasteiger partial charge < -0.3 is 10.1 Å². The summed E-state index contributed by atoms with van der Waals surface area (Å²) in [7, 11) is 0. The number of nitro groups is 1. The lowest BCUT2D eigenvalue weighted by Crippen LogP contribution is -2.40. The Labute approximate surface area is 80.8 Å². The van der Waals surface area contributed by atoms with Crippen LogP contribution in [0.4, 0.5) is 11.4 Å². The number of ether oxygens (including phenoxy) is 1. The molecule has 5 heteroatoms. The zero-order chi connectivity index (χ0) is 9.97. The molecule has 0 atom stereocenters. The van der Waals surface area contributed by atoms with Crippen molar-refractivity contribution in [3.8, 4) is 0 Å². The third-order valence-corrected chi connectivity index (χ3v) is 2.10. The van der Waals surface area contributed by atoms with Crippen molar-refractivity contribution in [2.24, 2.45) is 0 Å². The van der Waals surface area contributed by atoms with Gasteiger partial charge in [-0.05, 0) is 6.07 Å². The second-order valence-corrected chi connectivity index (χ2v) is 3.15. The molecule has 1 saturated heterocycles. The van der Waals surface area contributed by atoms with E-state index < -0.39 is 0 Å².